The summed E-state index contributed by atoms with van der Waals surface area (Å²) in [5.74, 6) is -3.94. The van der Waals surface area contributed by atoms with E-state index in [1.807, 2.05) is 4.90 Å². The Morgan fingerprint density at radius 1 is 0.642 bits per heavy atom. The number of quaternary nitrogens is 2. The van der Waals surface area contributed by atoms with Crippen LogP contribution in [0.1, 0.15) is 126 Å². The molecule has 5 N–H and O–H groups in total. The van der Waals surface area contributed by atoms with Gasteiger partial charge >= 0.3 is 44.4 Å². The lowest BCUT2D eigenvalue weighted by Gasteiger charge is -2.43. The zero-order chi connectivity index (χ0) is 67.8. The van der Waals surface area contributed by atoms with Gasteiger partial charge in [0.1, 0.15) is 39.3 Å². The molecule has 2 spiro atoms. The van der Waals surface area contributed by atoms with Crippen LogP contribution in [0.5, 0.6) is 5.75 Å². The van der Waals surface area contributed by atoms with Crippen molar-refractivity contribution in [1.29, 1.82) is 0 Å². The molecule has 2 saturated carbocycles. The summed E-state index contributed by atoms with van der Waals surface area (Å²) in [7, 11) is -11.3. The fourth-order valence-electron chi connectivity index (χ4n) is 15.9. The minimum atomic E-state index is -4.61. The third kappa shape index (κ3) is 11.3. The maximum absolute atomic E-state index is 14.9. The number of carbonyl (C=O) groups excluding carboxylic acids is 4. The summed E-state index contributed by atoms with van der Waals surface area (Å²) in [6.07, 6.45) is 6.54. The molecule has 4 amide bonds. The standard InChI is InChI=1S/C35H38FN5O6S2.C33H33F2N3O7S/c1-23(42)41(49(46,47)28-13-11-26(36)12-14-28)31-15-10-25(21-30(31)35(16-18-37-19-17-35)33(41)24-8-9-24)34(43)38-27-5-3-6-29(22-27)48(44,45)39-32-7-4-20-40(32)2;1-19-25(31(41)42)7-4-8-27(19)37-30(40)22-11-12-28-26(17-22)33(13-15-36-16-14-33)29(21-9-10-21)38(28,20(2)39)46(43,44)24-6-3-5-23(18-24)45-32(34)35/h3,5-6,10-15,21-22,24,33,37H,4,7-9,16-20H2,1-2H3;3-8,11-12,17-18,21,29,32,36H,9-10,13-16H2,1-2H3,(H-,37,40,41,42)/p+2. The van der Waals surface area contributed by atoms with Gasteiger partial charge in [-0.15, -0.1) is 12.2 Å². The van der Waals surface area contributed by atoms with Crippen LogP contribution in [-0.4, -0.2) is 129 Å². The number of hydrogen-bond donors (Lipinski definition) is 5. The second-order valence-electron chi connectivity index (χ2n) is 25.7. The predicted octanol–water partition coefficient (Wildman–Crippen LogP) is 9.75. The zero-order valence-corrected chi connectivity index (χ0v) is 55.1. The van der Waals surface area contributed by atoms with Crippen LogP contribution in [0.4, 0.5) is 35.9 Å². The van der Waals surface area contributed by atoms with Crippen LogP contribution < -0.4 is 33.8 Å². The number of nitrogens with one attached hydrogen (secondary N) is 4. The molecular formula is C68H73F3N8O13S3+2. The number of aromatic carboxylic acids is 1. The van der Waals surface area contributed by atoms with Crippen LogP contribution in [0.2, 0.25) is 0 Å². The summed E-state index contributed by atoms with van der Waals surface area (Å²) in [6, 6.07) is 28.0. The lowest BCUT2D eigenvalue weighted by Crippen LogP contribution is -2.67. The van der Waals surface area contributed by atoms with E-state index in [4.69, 9.17) is 0 Å². The molecule has 2 aliphatic carbocycles. The molecule has 500 valence electrons. The molecule has 7 aliphatic rings. The smallest absolute Gasteiger partial charge is 0.387 e. The minimum absolute atomic E-state index is 0.0424. The number of likely N-dealkylation sites (tertiary alicyclic amines) is 1. The van der Waals surface area contributed by atoms with Crippen molar-refractivity contribution in [2.45, 2.75) is 129 Å². The normalized spacial score (nSPS) is 23.2. The number of carboxylic acids is 1. The van der Waals surface area contributed by atoms with Crippen molar-refractivity contribution >= 4 is 88.3 Å². The van der Waals surface area contributed by atoms with Crippen LogP contribution >= 0.6 is 0 Å². The van der Waals surface area contributed by atoms with Gasteiger partial charge in [-0.3, -0.25) is 9.59 Å². The van der Waals surface area contributed by atoms with Gasteiger partial charge in [0.05, 0.1) is 35.1 Å². The molecule has 95 heavy (non-hydrogen) atoms. The van der Waals surface area contributed by atoms with Gasteiger partial charge in [0.15, 0.2) is 11.4 Å². The zero-order valence-electron chi connectivity index (χ0n) is 52.6. The van der Waals surface area contributed by atoms with E-state index in [2.05, 4.69) is 30.4 Å². The number of halogens is 3. The number of rotatable bonds is 15. The van der Waals surface area contributed by atoms with Crippen molar-refractivity contribution in [2.75, 3.05) is 50.4 Å². The Morgan fingerprint density at radius 3 is 1.64 bits per heavy atom. The van der Waals surface area contributed by atoms with E-state index in [0.717, 1.165) is 56.8 Å². The first-order valence-electron chi connectivity index (χ1n) is 31.6. The lowest BCUT2D eigenvalue weighted by atomic mass is 9.68. The number of fused-ring (bicyclic) bond motifs is 4. The number of piperidine rings is 2. The fourth-order valence-corrected chi connectivity index (χ4v) is 21.5. The minimum Gasteiger partial charge on any atom is -0.478 e. The number of sulfonamides is 3. The molecule has 6 aromatic carbocycles. The van der Waals surface area contributed by atoms with Crippen LogP contribution in [0.25, 0.3) is 0 Å². The van der Waals surface area contributed by atoms with E-state index in [-0.39, 0.29) is 60.3 Å². The Hall–Kier alpha value is -8.18. The van der Waals surface area contributed by atoms with Gasteiger partial charge in [-0.2, -0.15) is 34.0 Å². The number of carboxylic acid groups (broad SMARTS) is 1. The van der Waals surface area contributed by atoms with Gasteiger partial charge in [-0.25, -0.2) is 18.8 Å². The number of alkyl halides is 2. The highest BCUT2D eigenvalue weighted by molar-refractivity contribution is 7.92. The molecule has 0 radical (unpaired) electrons. The summed E-state index contributed by atoms with van der Waals surface area (Å²) in [5.41, 5.74) is 1.75. The SMILES string of the molecule is CC(=O)[N+]1(S(=O)(=O)c2ccc(F)cc2)c2ccc(C(=O)Nc3cccc(S(=O)(=O)N=C4CCCN4C)c3)cc2C2(CCNCC2)C1C1CC1.CC(=O)[N+]1(S(=O)(=O)c2cccc(OC(F)F)c2)c2ccc(C(=O)Nc3cccc(C(=O)O)c3C)cc2C2(CCNCC2)C1C1CC1. The van der Waals surface area contributed by atoms with Gasteiger partial charge in [0.2, 0.25) is 0 Å². The van der Waals surface area contributed by atoms with E-state index in [1.54, 1.807) is 44.3 Å². The molecule has 4 atom stereocenters. The largest absolute Gasteiger partial charge is 0.478 e. The van der Waals surface area contributed by atoms with Crippen molar-refractivity contribution in [1.82, 2.24) is 23.3 Å². The predicted molar refractivity (Wildman–Crippen MR) is 349 cm³/mol. The van der Waals surface area contributed by atoms with Crippen molar-refractivity contribution in [3.05, 3.63) is 167 Å². The second kappa shape index (κ2) is 25.1. The molecular weight excluding hydrogens is 1290 g/mol. The average Bonchev–Trinajstić information content (AvgIpc) is 1.51. The van der Waals surface area contributed by atoms with E-state index in [0.29, 0.717) is 92.2 Å². The molecule has 5 fully saturated rings. The summed E-state index contributed by atoms with van der Waals surface area (Å²) >= 11 is 0. The molecule has 21 nitrogen and oxygen atoms in total. The summed E-state index contributed by atoms with van der Waals surface area (Å²) < 4.78 is 132. The first kappa shape index (κ1) is 66.8. The number of amides is 4. The lowest BCUT2D eigenvalue weighted by molar-refractivity contribution is -0.126. The average molecular weight is 1360 g/mol. The molecule has 13 rings (SSSR count). The molecule has 27 heteroatoms. The van der Waals surface area contributed by atoms with Crippen LogP contribution in [0, 0.1) is 24.6 Å². The quantitative estimate of drug-likeness (QED) is 0.0598. The number of nitrogens with zero attached hydrogens (tertiary/aromatic N) is 4. The van der Waals surface area contributed by atoms with Crippen LogP contribution in [0.15, 0.2) is 146 Å². The molecule has 6 aromatic rings. The third-order valence-electron chi connectivity index (χ3n) is 20.2. The highest BCUT2D eigenvalue weighted by Gasteiger charge is 2.75. The van der Waals surface area contributed by atoms with E-state index >= 15 is 0 Å². The topological polar surface area (TPSA) is 281 Å². The summed E-state index contributed by atoms with van der Waals surface area (Å²) in [5, 5.41) is 21.8. The molecule has 5 heterocycles. The molecule has 0 aromatic heterocycles. The maximum Gasteiger partial charge on any atom is 0.387 e. The third-order valence-corrected chi connectivity index (χ3v) is 26.1. The monoisotopic (exact) mass is 1360 g/mol. The molecule has 0 bridgehead atoms. The number of carbonyl (C=O) groups is 5. The van der Waals surface area contributed by atoms with E-state index in [9.17, 15) is 67.5 Å². The summed E-state index contributed by atoms with van der Waals surface area (Å²) in [6.45, 7) is 4.05. The first-order chi connectivity index (χ1) is 45.1. The van der Waals surface area contributed by atoms with Crippen molar-refractivity contribution in [2.24, 2.45) is 16.2 Å². The van der Waals surface area contributed by atoms with Crippen LogP contribution in [-0.2, 0) is 50.5 Å². The van der Waals surface area contributed by atoms with Crippen LogP contribution in [0.3, 0.4) is 0 Å². The van der Waals surface area contributed by atoms with Gasteiger partial charge in [0, 0.05) is 83.7 Å². The van der Waals surface area contributed by atoms with Gasteiger partial charge < -0.3 is 36.0 Å². The van der Waals surface area contributed by atoms with Crippen molar-refractivity contribution in [3.8, 4) is 5.75 Å². The van der Waals surface area contributed by atoms with Gasteiger partial charge in [0.25, 0.3) is 21.8 Å². The molecule has 5 aliphatic heterocycles. The number of benzene rings is 6. The van der Waals surface area contributed by atoms with E-state index in [1.165, 1.54) is 92.7 Å². The van der Waals surface area contributed by atoms with Gasteiger partial charge in [-0.1, -0.05) is 18.2 Å². The van der Waals surface area contributed by atoms with Crippen molar-refractivity contribution < 1.29 is 72.2 Å². The summed E-state index contributed by atoms with van der Waals surface area (Å²) in [4.78, 5) is 68.5. The number of hydrogen-bond acceptors (Lipinski definition) is 14. The Labute approximate surface area is 549 Å². The maximum atomic E-state index is 14.9. The Balaban J connectivity index is 0.000000182. The highest BCUT2D eigenvalue weighted by atomic mass is 32.2. The van der Waals surface area contributed by atoms with Crippen molar-refractivity contribution in [3.63, 3.8) is 0 Å². The Morgan fingerprint density at radius 2 is 1.15 bits per heavy atom. The molecule has 3 saturated heterocycles. The van der Waals surface area contributed by atoms with Gasteiger partial charge in [-0.05, 0) is 187 Å². The Bertz CT molecular complexity index is 4520. The second-order valence-corrected chi connectivity index (χ2v) is 31.3. The first-order valence-corrected chi connectivity index (χ1v) is 35.9. The van der Waals surface area contributed by atoms with E-state index < -0.39 is 103 Å². The highest BCUT2D eigenvalue weighted by Crippen LogP contribution is 2.64. The number of ether oxygens (including phenoxy) is 1. The number of anilines is 2. The fraction of sp³-hybridized carbons (Fsp3) is 0.382. The molecule has 4 unspecified atom stereocenters. The number of amidine groups is 1. The Kier molecular flexibility index (Phi) is 17.7.